The highest BCUT2D eigenvalue weighted by atomic mass is 19.2. The first-order chi connectivity index (χ1) is 12.0. The molecule has 2 nitrogen and oxygen atoms in total. The van der Waals surface area contributed by atoms with Gasteiger partial charge < -0.3 is 11.1 Å². The van der Waals surface area contributed by atoms with Crippen LogP contribution in [-0.2, 0) is 0 Å². The summed E-state index contributed by atoms with van der Waals surface area (Å²) in [5.74, 6) is -1.08. The Morgan fingerprint density at radius 1 is 0.960 bits per heavy atom. The van der Waals surface area contributed by atoms with E-state index in [0.29, 0.717) is 5.92 Å². The monoisotopic (exact) mass is 344 g/mol. The van der Waals surface area contributed by atoms with E-state index in [9.17, 15) is 8.78 Å². The predicted molar refractivity (Wildman–Crippen MR) is 98.1 cm³/mol. The Morgan fingerprint density at radius 2 is 1.72 bits per heavy atom. The number of anilines is 1. The van der Waals surface area contributed by atoms with Crippen molar-refractivity contribution in [2.45, 2.75) is 51.1 Å². The first-order valence-electron chi connectivity index (χ1n) is 9.11. The van der Waals surface area contributed by atoms with Crippen LogP contribution < -0.4 is 11.1 Å². The Kier molecular flexibility index (Phi) is 5.69. The zero-order chi connectivity index (χ0) is 17.8. The molecule has 2 atom stereocenters. The Bertz CT molecular complexity index is 711. The zero-order valence-corrected chi connectivity index (χ0v) is 14.6. The van der Waals surface area contributed by atoms with Crippen LogP contribution in [0.2, 0.25) is 0 Å². The summed E-state index contributed by atoms with van der Waals surface area (Å²) in [6.45, 7) is 1.99. The lowest BCUT2D eigenvalue weighted by atomic mass is 9.80. The number of hydrogen-bond acceptors (Lipinski definition) is 2. The van der Waals surface area contributed by atoms with Gasteiger partial charge in [0.2, 0.25) is 0 Å². The van der Waals surface area contributed by atoms with Crippen LogP contribution in [0.1, 0.15) is 62.2 Å². The van der Waals surface area contributed by atoms with E-state index < -0.39 is 11.6 Å². The van der Waals surface area contributed by atoms with Crippen LogP contribution in [0.4, 0.5) is 14.5 Å². The van der Waals surface area contributed by atoms with Crippen LogP contribution in [0.25, 0.3) is 0 Å². The van der Waals surface area contributed by atoms with Crippen molar-refractivity contribution in [2.75, 3.05) is 5.73 Å². The quantitative estimate of drug-likeness (QED) is 0.701. The molecule has 0 amide bonds. The highest BCUT2D eigenvalue weighted by molar-refractivity contribution is 5.42. The number of nitrogens with one attached hydrogen (secondary N) is 1. The molecule has 134 valence electrons. The van der Waals surface area contributed by atoms with Crippen LogP contribution in [-0.4, -0.2) is 0 Å². The van der Waals surface area contributed by atoms with Gasteiger partial charge in [-0.3, -0.25) is 0 Å². The SMILES string of the molecule is CC(NC(c1cccc(N)c1)C1CCCCC1)c1ccc(F)c(F)c1. The average molecular weight is 344 g/mol. The fourth-order valence-corrected chi connectivity index (χ4v) is 3.87. The Labute approximate surface area is 148 Å². The van der Waals surface area contributed by atoms with Crippen molar-refractivity contribution in [1.82, 2.24) is 5.32 Å². The maximum absolute atomic E-state index is 13.6. The van der Waals surface area contributed by atoms with Gasteiger partial charge in [0.1, 0.15) is 0 Å². The van der Waals surface area contributed by atoms with E-state index in [1.165, 1.54) is 49.8 Å². The van der Waals surface area contributed by atoms with Gasteiger partial charge >= 0.3 is 0 Å². The third-order valence-electron chi connectivity index (χ3n) is 5.26. The Hall–Kier alpha value is -1.94. The standard InChI is InChI=1S/C21H26F2N2/c1-14(16-10-11-19(22)20(23)13-16)25-21(15-6-3-2-4-7-15)17-8-5-9-18(24)12-17/h5,8-15,21,25H,2-4,6-7,24H2,1H3. The largest absolute Gasteiger partial charge is 0.399 e. The Morgan fingerprint density at radius 3 is 2.40 bits per heavy atom. The molecule has 3 rings (SSSR count). The minimum absolute atomic E-state index is 0.0801. The molecule has 1 aliphatic rings. The third-order valence-corrected chi connectivity index (χ3v) is 5.26. The second-order valence-electron chi connectivity index (χ2n) is 7.11. The number of nitrogens with two attached hydrogens (primary N) is 1. The molecule has 0 bridgehead atoms. The average Bonchev–Trinajstić information content (AvgIpc) is 2.62. The summed E-state index contributed by atoms with van der Waals surface area (Å²) >= 11 is 0. The minimum atomic E-state index is -0.810. The summed E-state index contributed by atoms with van der Waals surface area (Å²) in [5.41, 5.74) is 8.66. The fraction of sp³-hybridized carbons (Fsp3) is 0.429. The molecule has 4 heteroatoms. The van der Waals surface area contributed by atoms with Gasteiger partial charge in [-0.05, 0) is 61.1 Å². The predicted octanol–water partition coefficient (Wildman–Crippen LogP) is 5.52. The van der Waals surface area contributed by atoms with Crippen LogP contribution in [0.3, 0.4) is 0 Å². The summed E-state index contributed by atoms with van der Waals surface area (Å²) in [5, 5.41) is 3.65. The van der Waals surface area contributed by atoms with Gasteiger partial charge in [-0.1, -0.05) is 37.5 Å². The first-order valence-corrected chi connectivity index (χ1v) is 9.11. The van der Waals surface area contributed by atoms with Gasteiger partial charge in [0, 0.05) is 17.8 Å². The van der Waals surface area contributed by atoms with E-state index in [-0.39, 0.29) is 12.1 Å². The molecule has 0 heterocycles. The summed E-state index contributed by atoms with van der Waals surface area (Å²) in [4.78, 5) is 0. The summed E-state index contributed by atoms with van der Waals surface area (Å²) in [6.07, 6.45) is 6.13. The van der Waals surface area contributed by atoms with Crippen molar-refractivity contribution in [2.24, 2.45) is 5.92 Å². The second-order valence-corrected chi connectivity index (χ2v) is 7.11. The molecule has 3 N–H and O–H groups in total. The molecule has 0 aromatic heterocycles. The zero-order valence-electron chi connectivity index (χ0n) is 14.6. The molecule has 0 aliphatic heterocycles. The van der Waals surface area contributed by atoms with Gasteiger partial charge in [0.05, 0.1) is 0 Å². The minimum Gasteiger partial charge on any atom is -0.399 e. The van der Waals surface area contributed by atoms with Gasteiger partial charge in [-0.2, -0.15) is 0 Å². The number of benzene rings is 2. The second kappa shape index (κ2) is 7.96. The van der Waals surface area contributed by atoms with Crippen molar-refractivity contribution in [3.05, 3.63) is 65.2 Å². The normalized spacial score (nSPS) is 18.0. The van der Waals surface area contributed by atoms with Gasteiger partial charge in [0.15, 0.2) is 11.6 Å². The number of rotatable bonds is 5. The van der Waals surface area contributed by atoms with Gasteiger partial charge in [-0.15, -0.1) is 0 Å². The number of nitrogen functional groups attached to an aromatic ring is 1. The van der Waals surface area contributed by atoms with Crippen molar-refractivity contribution < 1.29 is 8.78 Å². The molecule has 25 heavy (non-hydrogen) atoms. The molecule has 0 radical (unpaired) electrons. The van der Waals surface area contributed by atoms with Gasteiger partial charge in [0.25, 0.3) is 0 Å². The molecular formula is C21H26F2N2. The lowest BCUT2D eigenvalue weighted by Gasteiger charge is -2.34. The van der Waals surface area contributed by atoms with Crippen LogP contribution >= 0.6 is 0 Å². The number of hydrogen-bond donors (Lipinski definition) is 2. The first kappa shape index (κ1) is 17.9. The van der Waals surface area contributed by atoms with Crippen LogP contribution in [0, 0.1) is 17.6 Å². The van der Waals surface area contributed by atoms with E-state index in [4.69, 9.17) is 5.73 Å². The number of halogens is 2. The molecule has 1 fully saturated rings. The molecule has 2 aromatic rings. The highest BCUT2D eigenvalue weighted by Crippen LogP contribution is 2.36. The topological polar surface area (TPSA) is 38.0 Å². The van der Waals surface area contributed by atoms with Crippen LogP contribution in [0.5, 0.6) is 0 Å². The van der Waals surface area contributed by atoms with E-state index in [0.717, 1.165) is 11.3 Å². The molecule has 1 saturated carbocycles. The van der Waals surface area contributed by atoms with Gasteiger partial charge in [-0.25, -0.2) is 8.78 Å². The van der Waals surface area contributed by atoms with Crippen molar-refractivity contribution in [3.63, 3.8) is 0 Å². The lowest BCUT2D eigenvalue weighted by Crippen LogP contribution is -2.32. The maximum Gasteiger partial charge on any atom is 0.159 e. The van der Waals surface area contributed by atoms with Crippen molar-refractivity contribution in [1.29, 1.82) is 0 Å². The molecule has 2 aromatic carbocycles. The van der Waals surface area contributed by atoms with E-state index in [1.807, 2.05) is 25.1 Å². The molecule has 0 saturated heterocycles. The Balaban J connectivity index is 1.84. The van der Waals surface area contributed by atoms with E-state index in [1.54, 1.807) is 6.07 Å². The van der Waals surface area contributed by atoms with Crippen molar-refractivity contribution >= 4 is 5.69 Å². The molecule has 1 aliphatic carbocycles. The molecular weight excluding hydrogens is 318 g/mol. The molecule has 2 unspecified atom stereocenters. The molecule has 0 spiro atoms. The third kappa shape index (κ3) is 4.37. The van der Waals surface area contributed by atoms with E-state index >= 15 is 0 Å². The fourth-order valence-electron chi connectivity index (χ4n) is 3.87. The highest BCUT2D eigenvalue weighted by Gasteiger charge is 2.26. The maximum atomic E-state index is 13.6. The van der Waals surface area contributed by atoms with Crippen molar-refractivity contribution in [3.8, 4) is 0 Å². The van der Waals surface area contributed by atoms with E-state index in [2.05, 4.69) is 11.4 Å². The van der Waals surface area contributed by atoms with Crippen LogP contribution in [0.15, 0.2) is 42.5 Å². The summed E-state index contributed by atoms with van der Waals surface area (Å²) < 4.78 is 26.8. The lowest BCUT2D eigenvalue weighted by molar-refractivity contribution is 0.257. The smallest absolute Gasteiger partial charge is 0.159 e. The summed E-state index contributed by atoms with van der Waals surface area (Å²) in [6, 6.07) is 12.2. The summed E-state index contributed by atoms with van der Waals surface area (Å²) in [7, 11) is 0.